The van der Waals surface area contributed by atoms with Crippen molar-refractivity contribution in [3.05, 3.63) is 12.2 Å². The van der Waals surface area contributed by atoms with Gasteiger partial charge in [-0.25, -0.2) is 4.79 Å². The van der Waals surface area contributed by atoms with Crippen LogP contribution in [0.1, 0.15) is 6.42 Å². The Labute approximate surface area is 69.8 Å². The second-order valence-electron chi connectivity index (χ2n) is 2.21. The molecule has 0 aromatic carbocycles. The molecule has 1 atom stereocenters. The molecule has 3 N–H and O–H groups in total. The molecule has 1 unspecified atom stereocenters. The molecule has 0 saturated carbocycles. The molecule has 5 heteroatoms. The number of amides is 1. The van der Waals surface area contributed by atoms with Gasteiger partial charge in [-0.05, 0) is 0 Å². The average Bonchev–Trinajstić information content (AvgIpc) is 2.02. The van der Waals surface area contributed by atoms with Crippen molar-refractivity contribution < 1.29 is 19.4 Å². The summed E-state index contributed by atoms with van der Waals surface area (Å²) >= 11 is 0. The van der Waals surface area contributed by atoms with Crippen molar-refractivity contribution in [2.24, 2.45) is 5.73 Å². The number of carbonyl (C=O) groups excluding carboxylic acids is 2. The summed E-state index contributed by atoms with van der Waals surface area (Å²) in [6.45, 7) is 3.27. The smallest absolute Gasteiger partial charge is 0.335 e. The number of aliphatic hydroxyl groups is 1. The average molecular weight is 173 g/mol. The first-order chi connectivity index (χ1) is 5.49. The third-order valence-corrected chi connectivity index (χ3v) is 1.26. The SMILES string of the molecule is C=C(CC(O)C(=O)OC)C(N)=O. The molecular formula is C7H11NO4. The predicted molar refractivity (Wildman–Crippen MR) is 41.0 cm³/mol. The Bertz CT molecular complexity index is 211. The van der Waals surface area contributed by atoms with Crippen LogP contribution in [0.5, 0.6) is 0 Å². The zero-order chi connectivity index (χ0) is 9.72. The number of methoxy groups -OCH3 is 1. The van der Waals surface area contributed by atoms with E-state index in [0.717, 1.165) is 7.11 Å². The minimum Gasteiger partial charge on any atom is -0.467 e. The molecule has 0 fully saturated rings. The quantitative estimate of drug-likeness (QED) is 0.419. The second kappa shape index (κ2) is 4.50. The number of nitrogens with two attached hydrogens (primary N) is 1. The third-order valence-electron chi connectivity index (χ3n) is 1.26. The van der Waals surface area contributed by atoms with Crippen molar-refractivity contribution in [2.45, 2.75) is 12.5 Å². The van der Waals surface area contributed by atoms with Gasteiger partial charge in [-0.1, -0.05) is 6.58 Å². The lowest BCUT2D eigenvalue weighted by atomic mass is 10.1. The van der Waals surface area contributed by atoms with Gasteiger partial charge in [0.25, 0.3) is 0 Å². The number of esters is 1. The van der Waals surface area contributed by atoms with Gasteiger partial charge < -0.3 is 15.6 Å². The molecule has 0 rings (SSSR count). The summed E-state index contributed by atoms with van der Waals surface area (Å²) in [5.41, 5.74) is 4.82. The van der Waals surface area contributed by atoms with Gasteiger partial charge in [0.15, 0.2) is 6.10 Å². The number of aliphatic hydroxyl groups excluding tert-OH is 1. The van der Waals surface area contributed by atoms with E-state index < -0.39 is 18.0 Å². The number of ether oxygens (including phenoxy) is 1. The van der Waals surface area contributed by atoms with Crippen molar-refractivity contribution >= 4 is 11.9 Å². The van der Waals surface area contributed by atoms with Crippen LogP contribution in [0.25, 0.3) is 0 Å². The number of hydrogen-bond donors (Lipinski definition) is 2. The Morgan fingerprint density at radius 2 is 2.17 bits per heavy atom. The Morgan fingerprint density at radius 3 is 2.50 bits per heavy atom. The van der Waals surface area contributed by atoms with Gasteiger partial charge in [-0.2, -0.15) is 0 Å². The highest BCUT2D eigenvalue weighted by Gasteiger charge is 2.18. The van der Waals surface area contributed by atoms with E-state index >= 15 is 0 Å². The maximum atomic E-state index is 10.6. The molecule has 68 valence electrons. The van der Waals surface area contributed by atoms with Crippen LogP contribution in [0.3, 0.4) is 0 Å². The van der Waals surface area contributed by atoms with Crippen LogP contribution >= 0.6 is 0 Å². The van der Waals surface area contributed by atoms with Gasteiger partial charge in [-0.3, -0.25) is 4.79 Å². The van der Waals surface area contributed by atoms with Crippen LogP contribution in [0.2, 0.25) is 0 Å². The van der Waals surface area contributed by atoms with E-state index in [9.17, 15) is 9.59 Å². The standard InChI is InChI=1S/C7H11NO4/c1-4(6(8)10)3-5(9)7(11)12-2/h5,9H,1,3H2,2H3,(H2,8,10). The van der Waals surface area contributed by atoms with Gasteiger partial charge in [-0.15, -0.1) is 0 Å². The second-order valence-corrected chi connectivity index (χ2v) is 2.21. The van der Waals surface area contributed by atoms with E-state index in [-0.39, 0.29) is 12.0 Å². The summed E-state index contributed by atoms with van der Waals surface area (Å²) in [6.07, 6.45) is -1.56. The highest BCUT2D eigenvalue weighted by molar-refractivity contribution is 5.92. The number of primary amides is 1. The zero-order valence-electron chi connectivity index (χ0n) is 6.74. The summed E-state index contributed by atoms with van der Waals surface area (Å²) < 4.78 is 4.21. The topological polar surface area (TPSA) is 89.6 Å². The Kier molecular flexibility index (Phi) is 3.99. The first-order valence-corrected chi connectivity index (χ1v) is 3.22. The van der Waals surface area contributed by atoms with Crippen molar-refractivity contribution in [3.63, 3.8) is 0 Å². The van der Waals surface area contributed by atoms with E-state index in [1.165, 1.54) is 0 Å². The monoisotopic (exact) mass is 173 g/mol. The fourth-order valence-corrected chi connectivity index (χ4v) is 0.553. The van der Waals surface area contributed by atoms with Crippen LogP contribution in [-0.4, -0.2) is 30.2 Å². The Balaban J connectivity index is 4.01. The summed E-state index contributed by atoms with van der Waals surface area (Å²) in [7, 11) is 1.14. The highest BCUT2D eigenvalue weighted by atomic mass is 16.5. The molecule has 0 aliphatic rings. The molecule has 0 spiro atoms. The maximum Gasteiger partial charge on any atom is 0.335 e. The van der Waals surface area contributed by atoms with E-state index in [1.54, 1.807) is 0 Å². The van der Waals surface area contributed by atoms with E-state index in [2.05, 4.69) is 11.3 Å². The van der Waals surface area contributed by atoms with Crippen molar-refractivity contribution in [2.75, 3.05) is 7.11 Å². The number of hydrogen-bond acceptors (Lipinski definition) is 4. The molecular weight excluding hydrogens is 162 g/mol. The fraction of sp³-hybridized carbons (Fsp3) is 0.429. The zero-order valence-corrected chi connectivity index (χ0v) is 6.74. The molecule has 0 aliphatic heterocycles. The first kappa shape index (κ1) is 10.6. The molecule has 5 nitrogen and oxygen atoms in total. The molecule has 12 heavy (non-hydrogen) atoms. The maximum absolute atomic E-state index is 10.6. The summed E-state index contributed by atoms with van der Waals surface area (Å²) in [4.78, 5) is 21.0. The minimum atomic E-state index is -1.37. The lowest BCUT2D eigenvalue weighted by Gasteiger charge is -2.07. The number of carbonyl (C=O) groups is 2. The Hall–Kier alpha value is -1.36. The first-order valence-electron chi connectivity index (χ1n) is 3.22. The van der Waals surface area contributed by atoms with E-state index in [1.807, 2.05) is 0 Å². The summed E-state index contributed by atoms with van der Waals surface area (Å²) in [5.74, 6) is -1.55. The molecule has 0 heterocycles. The molecule has 0 aromatic heterocycles. The molecule has 0 radical (unpaired) electrons. The normalized spacial score (nSPS) is 11.8. The largest absolute Gasteiger partial charge is 0.467 e. The van der Waals surface area contributed by atoms with Crippen LogP contribution in [0.15, 0.2) is 12.2 Å². The third kappa shape index (κ3) is 3.16. The number of rotatable bonds is 4. The van der Waals surface area contributed by atoms with Crippen LogP contribution in [0.4, 0.5) is 0 Å². The molecule has 1 amide bonds. The van der Waals surface area contributed by atoms with Gasteiger partial charge >= 0.3 is 5.97 Å². The Morgan fingerprint density at radius 1 is 1.67 bits per heavy atom. The molecule has 0 saturated heterocycles. The lowest BCUT2D eigenvalue weighted by Crippen LogP contribution is -2.25. The van der Waals surface area contributed by atoms with E-state index in [0.29, 0.717) is 0 Å². The van der Waals surface area contributed by atoms with Crippen molar-refractivity contribution in [1.29, 1.82) is 0 Å². The molecule has 0 aliphatic carbocycles. The minimum absolute atomic E-state index is 0.00657. The van der Waals surface area contributed by atoms with Gasteiger partial charge in [0.05, 0.1) is 7.11 Å². The molecule has 0 bridgehead atoms. The van der Waals surface area contributed by atoms with Crippen molar-refractivity contribution in [1.82, 2.24) is 0 Å². The van der Waals surface area contributed by atoms with Crippen molar-refractivity contribution in [3.8, 4) is 0 Å². The van der Waals surface area contributed by atoms with Crippen LogP contribution in [0, 0.1) is 0 Å². The lowest BCUT2D eigenvalue weighted by molar-refractivity contribution is -0.150. The van der Waals surface area contributed by atoms with Gasteiger partial charge in [0.1, 0.15) is 0 Å². The summed E-state index contributed by atoms with van der Waals surface area (Å²) in [6, 6.07) is 0. The van der Waals surface area contributed by atoms with E-state index in [4.69, 9.17) is 10.8 Å². The predicted octanol–water partition coefficient (Wildman–Crippen LogP) is -1.05. The van der Waals surface area contributed by atoms with Crippen LogP contribution in [-0.2, 0) is 14.3 Å². The van der Waals surface area contributed by atoms with Gasteiger partial charge in [0, 0.05) is 12.0 Å². The summed E-state index contributed by atoms with van der Waals surface area (Å²) in [5, 5.41) is 8.99. The fourth-order valence-electron chi connectivity index (χ4n) is 0.553. The highest BCUT2D eigenvalue weighted by Crippen LogP contribution is 2.03. The molecule has 0 aromatic rings. The van der Waals surface area contributed by atoms with Gasteiger partial charge in [0.2, 0.25) is 5.91 Å². The van der Waals surface area contributed by atoms with Crippen LogP contribution < -0.4 is 5.73 Å².